The fourth-order valence-electron chi connectivity index (χ4n) is 3.97. The number of aryl methyl sites for hydroxylation is 2. The average Bonchev–Trinajstić information content (AvgIpc) is 2.94. The third-order valence-corrected chi connectivity index (χ3v) is 5.67. The van der Waals surface area contributed by atoms with Crippen molar-refractivity contribution in [2.45, 2.75) is 65.0 Å². The number of nitrogens with one attached hydrogen (secondary N) is 2. The molecular weight excluding hydrogens is 324 g/mol. The van der Waals surface area contributed by atoms with Crippen LogP contribution in [0, 0.1) is 20.8 Å². The number of fused-ring (bicyclic) bond motifs is 1. The first-order valence-corrected chi connectivity index (χ1v) is 9.60. The van der Waals surface area contributed by atoms with Crippen LogP contribution in [0.2, 0.25) is 0 Å². The molecule has 0 radical (unpaired) electrons. The predicted molar refractivity (Wildman–Crippen MR) is 104 cm³/mol. The van der Waals surface area contributed by atoms with Gasteiger partial charge in [-0.2, -0.15) is 5.01 Å². The highest BCUT2D eigenvalue weighted by Gasteiger charge is 2.30. The second-order valence-electron chi connectivity index (χ2n) is 7.70. The normalized spacial score (nSPS) is 20.7. The Balaban J connectivity index is 1.66. The molecule has 1 unspecified atom stereocenters. The minimum absolute atomic E-state index is 0.00426. The highest BCUT2D eigenvalue weighted by molar-refractivity contribution is 5.56. The van der Waals surface area contributed by atoms with E-state index in [0.29, 0.717) is 5.92 Å². The van der Waals surface area contributed by atoms with Crippen molar-refractivity contribution < 1.29 is 0 Å². The smallest absolute Gasteiger partial charge is 0.147 e. The number of hydrogen-bond donors (Lipinski definition) is 2. The van der Waals surface area contributed by atoms with Crippen molar-refractivity contribution in [1.29, 1.82) is 0 Å². The van der Waals surface area contributed by atoms with Gasteiger partial charge >= 0.3 is 0 Å². The van der Waals surface area contributed by atoms with Gasteiger partial charge in [-0.05, 0) is 45.2 Å². The molecule has 1 aliphatic carbocycles. The molecule has 138 valence electrons. The topological polar surface area (TPSA) is 66.0 Å². The van der Waals surface area contributed by atoms with E-state index < -0.39 is 0 Å². The molecule has 2 aliphatic rings. The van der Waals surface area contributed by atoms with Crippen molar-refractivity contribution in [2.24, 2.45) is 0 Å². The lowest BCUT2D eigenvalue weighted by molar-refractivity contribution is 0.349. The zero-order chi connectivity index (χ0) is 18.3. The Bertz CT molecular complexity index is 812. The van der Waals surface area contributed by atoms with Crippen LogP contribution in [0.15, 0.2) is 12.3 Å². The van der Waals surface area contributed by atoms with Crippen LogP contribution in [0.1, 0.15) is 72.4 Å². The van der Waals surface area contributed by atoms with Gasteiger partial charge in [0.15, 0.2) is 0 Å². The Kier molecular flexibility index (Phi) is 4.53. The molecule has 0 bridgehead atoms. The Labute approximate surface area is 155 Å². The van der Waals surface area contributed by atoms with E-state index in [-0.39, 0.29) is 6.17 Å². The van der Waals surface area contributed by atoms with Crippen LogP contribution in [-0.2, 0) is 0 Å². The van der Waals surface area contributed by atoms with Crippen LogP contribution >= 0.6 is 0 Å². The van der Waals surface area contributed by atoms with Gasteiger partial charge in [-0.1, -0.05) is 19.3 Å². The number of pyridine rings is 1. The summed E-state index contributed by atoms with van der Waals surface area (Å²) in [6.07, 6.45) is 8.23. The van der Waals surface area contributed by atoms with Crippen molar-refractivity contribution in [2.75, 3.05) is 17.8 Å². The number of hydrogen-bond acceptors (Lipinski definition) is 6. The van der Waals surface area contributed by atoms with Gasteiger partial charge in [0.1, 0.15) is 23.6 Å². The van der Waals surface area contributed by atoms with Crippen molar-refractivity contribution in [3.63, 3.8) is 0 Å². The fourth-order valence-corrected chi connectivity index (χ4v) is 3.97. The molecule has 0 aromatic carbocycles. The Morgan fingerprint density at radius 3 is 2.65 bits per heavy atom. The first-order chi connectivity index (χ1) is 12.5. The maximum Gasteiger partial charge on any atom is 0.147 e. The van der Waals surface area contributed by atoms with E-state index >= 15 is 0 Å². The van der Waals surface area contributed by atoms with E-state index in [4.69, 9.17) is 9.97 Å². The van der Waals surface area contributed by atoms with E-state index in [2.05, 4.69) is 42.6 Å². The summed E-state index contributed by atoms with van der Waals surface area (Å²) in [5.41, 5.74) is 7.82. The molecule has 6 heteroatoms. The summed E-state index contributed by atoms with van der Waals surface area (Å²) in [5.74, 6) is 3.35. The maximum atomic E-state index is 4.95. The zero-order valence-corrected chi connectivity index (χ0v) is 16.1. The van der Waals surface area contributed by atoms with Crippen LogP contribution in [0.4, 0.5) is 11.6 Å². The number of nitrogens with zero attached hydrogens (tertiary/aromatic N) is 4. The third-order valence-electron chi connectivity index (χ3n) is 5.67. The molecule has 3 heterocycles. The first-order valence-electron chi connectivity index (χ1n) is 9.60. The number of hydrazine groups is 1. The molecule has 1 aliphatic heterocycles. The van der Waals surface area contributed by atoms with E-state index in [1.165, 1.54) is 32.1 Å². The monoisotopic (exact) mass is 352 g/mol. The Hall–Kier alpha value is -2.21. The van der Waals surface area contributed by atoms with Crippen molar-refractivity contribution in [3.8, 4) is 0 Å². The average molecular weight is 352 g/mol. The van der Waals surface area contributed by atoms with Gasteiger partial charge in [-0.3, -0.25) is 0 Å². The molecule has 4 rings (SSSR count). The summed E-state index contributed by atoms with van der Waals surface area (Å²) in [7, 11) is 2.03. The van der Waals surface area contributed by atoms with Crippen LogP contribution < -0.4 is 10.7 Å². The lowest BCUT2D eigenvalue weighted by atomic mass is 9.88. The van der Waals surface area contributed by atoms with Gasteiger partial charge in [0.2, 0.25) is 0 Å². The van der Waals surface area contributed by atoms with Gasteiger partial charge in [0, 0.05) is 36.0 Å². The Morgan fingerprint density at radius 2 is 1.88 bits per heavy atom. The van der Waals surface area contributed by atoms with Crippen molar-refractivity contribution >= 4 is 11.6 Å². The molecule has 2 aromatic rings. The Morgan fingerprint density at radius 1 is 1.12 bits per heavy atom. The zero-order valence-electron chi connectivity index (χ0n) is 16.1. The van der Waals surface area contributed by atoms with Gasteiger partial charge in [0.05, 0.1) is 0 Å². The minimum Gasteiger partial charge on any atom is -0.349 e. The highest BCUT2D eigenvalue weighted by atomic mass is 15.6. The maximum absolute atomic E-state index is 4.95. The van der Waals surface area contributed by atoms with Gasteiger partial charge < -0.3 is 10.7 Å². The second-order valence-corrected chi connectivity index (χ2v) is 7.70. The molecule has 2 aromatic heterocycles. The van der Waals surface area contributed by atoms with Gasteiger partial charge in [-0.25, -0.2) is 15.0 Å². The predicted octanol–water partition coefficient (Wildman–Crippen LogP) is 4.23. The summed E-state index contributed by atoms with van der Waals surface area (Å²) < 4.78 is 0. The molecule has 0 spiro atoms. The summed E-state index contributed by atoms with van der Waals surface area (Å²) in [5, 5.41) is 5.68. The van der Waals surface area contributed by atoms with Gasteiger partial charge in [0.25, 0.3) is 0 Å². The lowest BCUT2D eigenvalue weighted by Crippen LogP contribution is -2.29. The van der Waals surface area contributed by atoms with E-state index in [1.54, 1.807) is 0 Å². The standard InChI is InChI=1S/C20H28N6/c1-12-10-16-19(21-11-12)25-26(4)20(16)24-17-13(2)14(3)22-18(23-17)15-8-6-5-7-9-15/h10-11,15,20H,5-9H2,1-4H3,(H,21,25)(H,22,23,24). The van der Waals surface area contributed by atoms with E-state index in [9.17, 15) is 0 Å². The molecule has 1 atom stereocenters. The van der Waals surface area contributed by atoms with Crippen LogP contribution in [0.3, 0.4) is 0 Å². The summed E-state index contributed by atoms with van der Waals surface area (Å²) in [6.45, 7) is 6.26. The van der Waals surface area contributed by atoms with Crippen molar-refractivity contribution in [1.82, 2.24) is 20.0 Å². The third kappa shape index (κ3) is 3.14. The minimum atomic E-state index is 0.00426. The largest absolute Gasteiger partial charge is 0.349 e. The number of anilines is 2. The SMILES string of the molecule is Cc1cnc2c(c1)C(Nc1nc(C3CCCCC3)nc(C)c1C)N(C)N2. The van der Waals surface area contributed by atoms with E-state index in [0.717, 1.165) is 39.8 Å². The fraction of sp³-hybridized carbons (Fsp3) is 0.550. The molecule has 0 saturated heterocycles. The number of aromatic nitrogens is 3. The van der Waals surface area contributed by atoms with Crippen LogP contribution in [-0.4, -0.2) is 27.0 Å². The van der Waals surface area contributed by atoms with Crippen LogP contribution in [0.5, 0.6) is 0 Å². The van der Waals surface area contributed by atoms with E-state index in [1.807, 2.05) is 18.3 Å². The molecule has 2 N–H and O–H groups in total. The molecule has 6 nitrogen and oxygen atoms in total. The second kappa shape index (κ2) is 6.83. The summed E-state index contributed by atoms with van der Waals surface area (Å²) in [4.78, 5) is 14.3. The quantitative estimate of drug-likeness (QED) is 0.862. The molecular formula is C20H28N6. The number of rotatable bonds is 3. The first kappa shape index (κ1) is 17.2. The molecule has 1 saturated carbocycles. The summed E-state index contributed by atoms with van der Waals surface area (Å²) >= 11 is 0. The summed E-state index contributed by atoms with van der Waals surface area (Å²) in [6, 6.07) is 2.18. The molecule has 1 fully saturated rings. The molecule has 0 amide bonds. The lowest BCUT2D eigenvalue weighted by Gasteiger charge is -2.25. The van der Waals surface area contributed by atoms with Crippen LogP contribution in [0.25, 0.3) is 0 Å². The molecule has 26 heavy (non-hydrogen) atoms. The highest BCUT2D eigenvalue weighted by Crippen LogP contribution is 2.36. The van der Waals surface area contributed by atoms with Gasteiger partial charge in [-0.15, -0.1) is 0 Å². The van der Waals surface area contributed by atoms with Crippen molar-refractivity contribution in [3.05, 3.63) is 40.5 Å².